The Kier molecular flexibility index (Phi) is 4.33. The standard InChI is InChI=1S/C22H26N4O3/c1-2-19(27)26-9-5-17-20(24-14-23-17)22(26)7-10-25(11-8-22)21(28)16-3-4-18-15(13-16)6-12-29-18/h3-4,13-14H,2,5-12H2,1H3,(H,23,24). The van der Waals surface area contributed by atoms with Gasteiger partial charge >= 0.3 is 0 Å². The Morgan fingerprint density at radius 3 is 2.83 bits per heavy atom. The molecule has 7 nitrogen and oxygen atoms in total. The molecule has 1 saturated heterocycles. The van der Waals surface area contributed by atoms with Crippen molar-refractivity contribution in [2.24, 2.45) is 0 Å². The maximum absolute atomic E-state index is 13.1. The summed E-state index contributed by atoms with van der Waals surface area (Å²) in [5.41, 5.74) is 3.55. The smallest absolute Gasteiger partial charge is 0.253 e. The van der Waals surface area contributed by atoms with Gasteiger partial charge in [-0.1, -0.05) is 6.92 Å². The summed E-state index contributed by atoms with van der Waals surface area (Å²) >= 11 is 0. The number of carbonyl (C=O) groups is 2. The molecular weight excluding hydrogens is 368 g/mol. The second-order valence-electron chi connectivity index (χ2n) is 8.12. The minimum Gasteiger partial charge on any atom is -0.493 e. The van der Waals surface area contributed by atoms with E-state index in [-0.39, 0.29) is 11.8 Å². The summed E-state index contributed by atoms with van der Waals surface area (Å²) in [5, 5.41) is 0. The molecular formula is C22H26N4O3. The van der Waals surface area contributed by atoms with Crippen LogP contribution in [0.5, 0.6) is 5.75 Å². The fraction of sp³-hybridized carbons (Fsp3) is 0.500. The summed E-state index contributed by atoms with van der Waals surface area (Å²) < 4.78 is 5.55. The van der Waals surface area contributed by atoms with Crippen LogP contribution >= 0.6 is 0 Å². The van der Waals surface area contributed by atoms with Gasteiger partial charge in [-0.3, -0.25) is 9.59 Å². The number of piperidine rings is 1. The molecule has 7 heteroatoms. The molecule has 152 valence electrons. The first-order valence-electron chi connectivity index (χ1n) is 10.5. The van der Waals surface area contributed by atoms with E-state index >= 15 is 0 Å². The summed E-state index contributed by atoms with van der Waals surface area (Å²) in [6, 6.07) is 5.73. The average Bonchev–Trinajstić information content (AvgIpc) is 3.43. The Morgan fingerprint density at radius 2 is 2.03 bits per heavy atom. The largest absolute Gasteiger partial charge is 0.493 e. The Morgan fingerprint density at radius 1 is 1.21 bits per heavy atom. The number of likely N-dealkylation sites (tertiary alicyclic amines) is 1. The van der Waals surface area contributed by atoms with Gasteiger partial charge in [-0.25, -0.2) is 4.98 Å². The highest BCUT2D eigenvalue weighted by Gasteiger charge is 2.48. The molecule has 0 bridgehead atoms. The van der Waals surface area contributed by atoms with Gasteiger partial charge in [0.2, 0.25) is 5.91 Å². The lowest BCUT2D eigenvalue weighted by molar-refractivity contribution is -0.141. The first-order valence-corrected chi connectivity index (χ1v) is 10.5. The van der Waals surface area contributed by atoms with Crippen LogP contribution in [0.2, 0.25) is 0 Å². The number of fused-ring (bicyclic) bond motifs is 3. The van der Waals surface area contributed by atoms with E-state index in [2.05, 4.69) is 9.97 Å². The monoisotopic (exact) mass is 394 g/mol. The van der Waals surface area contributed by atoms with E-state index in [0.717, 1.165) is 53.9 Å². The van der Waals surface area contributed by atoms with E-state index in [1.165, 1.54) is 0 Å². The summed E-state index contributed by atoms with van der Waals surface area (Å²) in [6.07, 6.45) is 5.32. The molecule has 2 aromatic rings. The van der Waals surface area contributed by atoms with Crippen molar-refractivity contribution in [2.45, 2.75) is 44.6 Å². The van der Waals surface area contributed by atoms with Crippen LogP contribution < -0.4 is 4.74 Å². The molecule has 1 spiro atoms. The number of rotatable bonds is 2. The second kappa shape index (κ2) is 6.90. The third kappa shape index (κ3) is 2.82. The number of nitrogens with zero attached hydrogens (tertiary/aromatic N) is 3. The molecule has 3 aliphatic heterocycles. The third-order valence-electron chi connectivity index (χ3n) is 6.68. The number of hydrogen-bond donors (Lipinski definition) is 1. The van der Waals surface area contributed by atoms with Crippen LogP contribution in [0.25, 0.3) is 0 Å². The molecule has 3 aliphatic rings. The summed E-state index contributed by atoms with van der Waals surface area (Å²) in [6.45, 7) is 4.54. The van der Waals surface area contributed by atoms with Crippen molar-refractivity contribution >= 4 is 11.8 Å². The molecule has 0 radical (unpaired) electrons. The number of ether oxygens (including phenoxy) is 1. The number of amides is 2. The van der Waals surface area contributed by atoms with Crippen LogP contribution in [-0.2, 0) is 23.2 Å². The van der Waals surface area contributed by atoms with Gasteiger partial charge in [-0.15, -0.1) is 0 Å². The topological polar surface area (TPSA) is 78.5 Å². The van der Waals surface area contributed by atoms with Gasteiger partial charge in [0.15, 0.2) is 0 Å². The van der Waals surface area contributed by atoms with Gasteiger partial charge < -0.3 is 19.5 Å². The average molecular weight is 394 g/mol. The van der Waals surface area contributed by atoms with E-state index in [4.69, 9.17) is 4.74 Å². The van der Waals surface area contributed by atoms with Gasteiger partial charge in [-0.2, -0.15) is 0 Å². The number of nitrogens with one attached hydrogen (secondary N) is 1. The molecule has 1 aromatic carbocycles. The molecule has 0 atom stereocenters. The zero-order valence-electron chi connectivity index (χ0n) is 16.7. The quantitative estimate of drug-likeness (QED) is 0.848. The fourth-order valence-electron chi connectivity index (χ4n) is 5.12. The Bertz CT molecular complexity index is 959. The molecule has 1 N–H and O–H groups in total. The van der Waals surface area contributed by atoms with Crippen molar-refractivity contribution in [3.63, 3.8) is 0 Å². The first-order chi connectivity index (χ1) is 14.1. The van der Waals surface area contributed by atoms with E-state index in [1.807, 2.05) is 34.9 Å². The van der Waals surface area contributed by atoms with E-state index < -0.39 is 5.54 Å². The number of imidazole rings is 1. The van der Waals surface area contributed by atoms with Gasteiger partial charge in [-0.05, 0) is 36.6 Å². The van der Waals surface area contributed by atoms with Crippen LogP contribution in [0.15, 0.2) is 24.5 Å². The predicted octanol–water partition coefficient (Wildman–Crippen LogP) is 2.27. The van der Waals surface area contributed by atoms with Crippen LogP contribution in [0.4, 0.5) is 0 Å². The number of carbonyl (C=O) groups excluding carboxylic acids is 2. The van der Waals surface area contributed by atoms with E-state index in [1.54, 1.807) is 6.33 Å². The highest BCUT2D eigenvalue weighted by atomic mass is 16.5. The highest BCUT2D eigenvalue weighted by Crippen LogP contribution is 2.42. The molecule has 0 aliphatic carbocycles. The molecule has 0 saturated carbocycles. The zero-order chi connectivity index (χ0) is 20.0. The second-order valence-corrected chi connectivity index (χ2v) is 8.12. The minimum atomic E-state index is -0.400. The predicted molar refractivity (Wildman–Crippen MR) is 107 cm³/mol. The summed E-state index contributed by atoms with van der Waals surface area (Å²) in [4.78, 5) is 37.6. The molecule has 1 aromatic heterocycles. The van der Waals surface area contributed by atoms with Crippen LogP contribution in [-0.4, -0.2) is 57.8 Å². The van der Waals surface area contributed by atoms with Gasteiger partial charge in [0.05, 0.1) is 24.2 Å². The van der Waals surface area contributed by atoms with Gasteiger partial charge in [0.1, 0.15) is 5.75 Å². The number of hydrogen-bond acceptors (Lipinski definition) is 4. The van der Waals surface area contributed by atoms with Crippen LogP contribution in [0.1, 0.15) is 53.5 Å². The number of aromatic amines is 1. The SMILES string of the molecule is CCC(=O)N1CCc2[nH]cnc2C12CCN(C(=O)c1ccc3c(c1)CCO3)CC2. The van der Waals surface area contributed by atoms with E-state index in [0.29, 0.717) is 32.7 Å². The zero-order valence-corrected chi connectivity index (χ0v) is 16.7. The van der Waals surface area contributed by atoms with Gasteiger partial charge in [0, 0.05) is 50.2 Å². The lowest BCUT2D eigenvalue weighted by Gasteiger charge is -2.50. The summed E-state index contributed by atoms with van der Waals surface area (Å²) in [5.74, 6) is 1.11. The number of H-pyrrole nitrogens is 1. The van der Waals surface area contributed by atoms with Crippen molar-refractivity contribution < 1.29 is 14.3 Å². The van der Waals surface area contributed by atoms with Gasteiger partial charge in [0.25, 0.3) is 5.91 Å². The Labute approximate surface area is 170 Å². The van der Waals surface area contributed by atoms with Crippen molar-refractivity contribution in [2.75, 3.05) is 26.2 Å². The van der Waals surface area contributed by atoms with Crippen molar-refractivity contribution in [1.29, 1.82) is 0 Å². The van der Waals surface area contributed by atoms with Crippen LogP contribution in [0.3, 0.4) is 0 Å². The molecule has 29 heavy (non-hydrogen) atoms. The molecule has 5 rings (SSSR count). The lowest BCUT2D eigenvalue weighted by atomic mass is 9.78. The van der Waals surface area contributed by atoms with Crippen molar-refractivity contribution in [1.82, 2.24) is 19.8 Å². The lowest BCUT2D eigenvalue weighted by Crippen LogP contribution is -2.58. The molecule has 2 amide bonds. The maximum atomic E-state index is 13.1. The molecule has 1 fully saturated rings. The third-order valence-corrected chi connectivity index (χ3v) is 6.68. The number of benzene rings is 1. The van der Waals surface area contributed by atoms with Crippen LogP contribution in [0, 0.1) is 0 Å². The van der Waals surface area contributed by atoms with E-state index in [9.17, 15) is 9.59 Å². The highest BCUT2D eigenvalue weighted by molar-refractivity contribution is 5.94. The number of aromatic nitrogens is 2. The minimum absolute atomic E-state index is 0.0565. The maximum Gasteiger partial charge on any atom is 0.253 e. The Balaban J connectivity index is 1.38. The van der Waals surface area contributed by atoms with Crippen molar-refractivity contribution in [3.05, 3.63) is 47.0 Å². The Hall–Kier alpha value is -2.83. The first kappa shape index (κ1) is 18.2. The fourth-order valence-corrected chi connectivity index (χ4v) is 5.12. The molecule has 0 unspecified atom stereocenters. The molecule has 4 heterocycles. The van der Waals surface area contributed by atoms with Crippen molar-refractivity contribution in [3.8, 4) is 5.75 Å². The normalized spacial score (nSPS) is 19.6. The summed E-state index contributed by atoms with van der Waals surface area (Å²) in [7, 11) is 0.